The van der Waals surface area contributed by atoms with Crippen LogP contribution in [0, 0.1) is 0 Å². The number of para-hydroxylation sites is 1. The minimum atomic E-state index is -0.189. The molecule has 4 aromatic rings. The van der Waals surface area contributed by atoms with E-state index in [2.05, 4.69) is 15.4 Å². The van der Waals surface area contributed by atoms with Crippen molar-refractivity contribution in [3.63, 3.8) is 0 Å². The van der Waals surface area contributed by atoms with E-state index in [4.69, 9.17) is 0 Å². The number of aromatic amines is 1. The highest BCUT2D eigenvalue weighted by Gasteiger charge is 2.21. The van der Waals surface area contributed by atoms with Gasteiger partial charge in [-0.15, -0.1) is 0 Å². The first-order chi connectivity index (χ1) is 14.2. The highest BCUT2D eigenvalue weighted by Crippen LogP contribution is 2.28. The van der Waals surface area contributed by atoms with E-state index in [0.29, 0.717) is 11.1 Å². The molecule has 1 saturated carbocycles. The molecule has 146 valence electrons. The van der Waals surface area contributed by atoms with Crippen molar-refractivity contribution in [2.24, 2.45) is 0 Å². The molecule has 1 aliphatic rings. The zero-order valence-electron chi connectivity index (χ0n) is 16.0. The van der Waals surface area contributed by atoms with Gasteiger partial charge >= 0.3 is 0 Å². The van der Waals surface area contributed by atoms with Gasteiger partial charge in [0.1, 0.15) is 5.69 Å². The molecule has 1 amide bonds. The molecule has 2 aromatic carbocycles. The smallest absolute Gasteiger partial charge is 0.274 e. The molecule has 29 heavy (non-hydrogen) atoms. The van der Waals surface area contributed by atoms with Crippen LogP contribution in [0.4, 0.5) is 0 Å². The lowest BCUT2D eigenvalue weighted by Crippen LogP contribution is -2.30. The third-order valence-corrected chi connectivity index (χ3v) is 5.77. The summed E-state index contributed by atoms with van der Waals surface area (Å²) >= 11 is 0. The van der Waals surface area contributed by atoms with Crippen LogP contribution in [0.3, 0.4) is 0 Å². The van der Waals surface area contributed by atoms with E-state index in [1.807, 2.05) is 54.6 Å². The Hall–Kier alpha value is -3.41. The fourth-order valence-corrected chi connectivity index (χ4v) is 4.26. The van der Waals surface area contributed by atoms with Gasteiger partial charge < -0.3 is 10.3 Å². The lowest BCUT2D eigenvalue weighted by atomic mass is 10.1. The Labute approximate surface area is 167 Å². The van der Waals surface area contributed by atoms with E-state index < -0.39 is 0 Å². The van der Waals surface area contributed by atoms with E-state index in [9.17, 15) is 9.59 Å². The summed E-state index contributed by atoms with van der Waals surface area (Å²) in [5.41, 5.74) is 2.12. The van der Waals surface area contributed by atoms with Gasteiger partial charge in [0.2, 0.25) is 0 Å². The number of fused-ring (bicyclic) bond motifs is 2. The summed E-state index contributed by atoms with van der Waals surface area (Å²) in [6, 6.07) is 17.3. The van der Waals surface area contributed by atoms with Gasteiger partial charge in [-0.25, -0.2) is 4.68 Å². The second-order valence-electron chi connectivity index (χ2n) is 7.63. The van der Waals surface area contributed by atoms with E-state index in [1.54, 1.807) is 4.68 Å². The maximum atomic E-state index is 12.9. The fraction of sp³-hybridized carbons (Fsp3) is 0.261. The molecule has 0 bridgehead atoms. The SMILES string of the molecule is O=C(NCc1nn(C2CCCC2)c(=O)c2ccccc12)c1cc2ccccc2[nH]1. The minimum absolute atomic E-state index is 0.0433. The number of benzene rings is 2. The van der Waals surface area contributed by atoms with Crippen molar-refractivity contribution in [2.75, 3.05) is 0 Å². The lowest BCUT2D eigenvalue weighted by Gasteiger charge is -2.16. The summed E-state index contributed by atoms with van der Waals surface area (Å²) in [6.07, 6.45) is 4.20. The molecule has 2 N–H and O–H groups in total. The first-order valence-electron chi connectivity index (χ1n) is 10.1. The molecule has 2 aromatic heterocycles. The van der Waals surface area contributed by atoms with Crippen LogP contribution in [-0.4, -0.2) is 20.7 Å². The van der Waals surface area contributed by atoms with Gasteiger partial charge in [-0.3, -0.25) is 9.59 Å². The van der Waals surface area contributed by atoms with Crippen LogP contribution in [0.15, 0.2) is 59.4 Å². The standard InChI is InChI=1S/C23H22N4O2/c28-22(20-13-15-7-1-6-12-19(15)25-20)24-14-21-17-10-4-5-11-18(17)23(29)27(26-21)16-8-2-3-9-16/h1,4-7,10-13,16,25H,2-3,8-9,14H2,(H,24,28). The van der Waals surface area contributed by atoms with Gasteiger partial charge in [0.25, 0.3) is 11.5 Å². The number of carbonyl (C=O) groups is 1. The first-order valence-corrected chi connectivity index (χ1v) is 10.1. The van der Waals surface area contributed by atoms with Crippen molar-refractivity contribution in [3.05, 3.63) is 76.3 Å². The number of aromatic nitrogens is 3. The second-order valence-corrected chi connectivity index (χ2v) is 7.63. The van der Waals surface area contributed by atoms with Crippen LogP contribution in [0.25, 0.3) is 21.7 Å². The maximum absolute atomic E-state index is 12.9. The Kier molecular flexibility index (Phi) is 4.39. The monoisotopic (exact) mass is 386 g/mol. The lowest BCUT2D eigenvalue weighted by molar-refractivity contribution is 0.0946. The summed E-state index contributed by atoms with van der Waals surface area (Å²) in [5.74, 6) is -0.189. The molecule has 0 saturated heterocycles. The van der Waals surface area contributed by atoms with Crippen LogP contribution in [0.2, 0.25) is 0 Å². The minimum Gasteiger partial charge on any atom is -0.351 e. The van der Waals surface area contributed by atoms with E-state index in [-0.39, 0.29) is 24.1 Å². The summed E-state index contributed by atoms with van der Waals surface area (Å²) in [6.45, 7) is 0.266. The first kappa shape index (κ1) is 17.7. The summed E-state index contributed by atoms with van der Waals surface area (Å²) in [7, 11) is 0. The van der Waals surface area contributed by atoms with Crippen molar-refractivity contribution >= 4 is 27.6 Å². The number of H-pyrrole nitrogens is 1. The predicted molar refractivity (Wildman–Crippen MR) is 113 cm³/mol. The Morgan fingerprint density at radius 1 is 1.07 bits per heavy atom. The number of carbonyl (C=O) groups excluding carboxylic acids is 1. The quantitative estimate of drug-likeness (QED) is 0.558. The number of hydrogen-bond donors (Lipinski definition) is 2. The van der Waals surface area contributed by atoms with Crippen molar-refractivity contribution < 1.29 is 4.79 Å². The average molecular weight is 386 g/mol. The van der Waals surface area contributed by atoms with Crippen LogP contribution in [0.5, 0.6) is 0 Å². The van der Waals surface area contributed by atoms with Gasteiger partial charge in [0, 0.05) is 16.3 Å². The second kappa shape index (κ2) is 7.20. The van der Waals surface area contributed by atoms with Crippen molar-refractivity contribution in [2.45, 2.75) is 38.3 Å². The van der Waals surface area contributed by atoms with Gasteiger partial charge in [0.15, 0.2) is 0 Å². The van der Waals surface area contributed by atoms with Crippen LogP contribution in [-0.2, 0) is 6.54 Å². The maximum Gasteiger partial charge on any atom is 0.274 e. The number of nitrogens with one attached hydrogen (secondary N) is 2. The highest BCUT2D eigenvalue weighted by atomic mass is 16.2. The molecular formula is C23H22N4O2. The summed E-state index contributed by atoms with van der Waals surface area (Å²) in [5, 5.41) is 10.1. The molecule has 0 atom stereocenters. The molecule has 1 fully saturated rings. The number of hydrogen-bond acceptors (Lipinski definition) is 3. The van der Waals surface area contributed by atoms with E-state index in [1.165, 1.54) is 0 Å². The molecule has 0 spiro atoms. The van der Waals surface area contributed by atoms with Gasteiger partial charge in [-0.2, -0.15) is 5.10 Å². The molecule has 6 nitrogen and oxygen atoms in total. The van der Waals surface area contributed by atoms with Crippen LogP contribution < -0.4 is 10.9 Å². The molecule has 6 heteroatoms. The zero-order chi connectivity index (χ0) is 19.8. The molecule has 0 unspecified atom stereocenters. The predicted octanol–water partition coefficient (Wildman–Crippen LogP) is 3.92. The Morgan fingerprint density at radius 3 is 2.59 bits per heavy atom. The molecular weight excluding hydrogens is 364 g/mol. The number of rotatable bonds is 4. The average Bonchev–Trinajstić information content (AvgIpc) is 3.43. The molecule has 0 aliphatic heterocycles. The normalized spacial score (nSPS) is 14.6. The molecule has 1 aliphatic carbocycles. The molecule has 5 rings (SSSR count). The van der Waals surface area contributed by atoms with E-state index in [0.717, 1.165) is 47.7 Å². The fourth-order valence-electron chi connectivity index (χ4n) is 4.26. The van der Waals surface area contributed by atoms with E-state index >= 15 is 0 Å². The van der Waals surface area contributed by atoms with Crippen LogP contribution >= 0.6 is 0 Å². The largest absolute Gasteiger partial charge is 0.351 e. The summed E-state index contributed by atoms with van der Waals surface area (Å²) in [4.78, 5) is 28.8. The Bertz CT molecular complexity index is 1230. The highest BCUT2D eigenvalue weighted by molar-refractivity contribution is 5.98. The molecule has 0 radical (unpaired) electrons. The number of nitrogens with zero attached hydrogens (tertiary/aromatic N) is 2. The third-order valence-electron chi connectivity index (χ3n) is 5.77. The van der Waals surface area contributed by atoms with Crippen LogP contribution in [0.1, 0.15) is 47.9 Å². The topological polar surface area (TPSA) is 79.8 Å². The Balaban J connectivity index is 1.47. The number of amides is 1. The Morgan fingerprint density at radius 2 is 1.79 bits per heavy atom. The molecule has 2 heterocycles. The van der Waals surface area contributed by atoms with Gasteiger partial charge in [-0.1, -0.05) is 49.2 Å². The third kappa shape index (κ3) is 3.20. The van der Waals surface area contributed by atoms with Gasteiger partial charge in [0.05, 0.1) is 23.7 Å². The zero-order valence-corrected chi connectivity index (χ0v) is 16.0. The van der Waals surface area contributed by atoms with Crippen molar-refractivity contribution in [3.8, 4) is 0 Å². The summed E-state index contributed by atoms with van der Waals surface area (Å²) < 4.78 is 1.64. The van der Waals surface area contributed by atoms with Gasteiger partial charge in [-0.05, 0) is 31.0 Å². The van der Waals surface area contributed by atoms with Crippen molar-refractivity contribution in [1.82, 2.24) is 20.1 Å². The van der Waals surface area contributed by atoms with Crippen molar-refractivity contribution in [1.29, 1.82) is 0 Å².